The number of hydrogen-bond acceptors (Lipinski definition) is 4. The van der Waals surface area contributed by atoms with E-state index in [4.69, 9.17) is 4.74 Å². The number of aliphatic hydroxyl groups is 1. The fourth-order valence-corrected chi connectivity index (χ4v) is 3.60. The molecule has 1 N–H and O–H groups in total. The van der Waals surface area contributed by atoms with Crippen LogP contribution in [0.2, 0.25) is 0 Å². The van der Waals surface area contributed by atoms with Gasteiger partial charge in [-0.25, -0.2) is 0 Å². The predicted octanol–water partition coefficient (Wildman–Crippen LogP) is 4.21. The summed E-state index contributed by atoms with van der Waals surface area (Å²) in [5.41, 5.74) is 3.12. The van der Waals surface area contributed by atoms with Crippen molar-refractivity contribution in [1.29, 1.82) is 0 Å². The monoisotopic (exact) mass is 360 g/mol. The summed E-state index contributed by atoms with van der Waals surface area (Å²) in [5.74, 6) is 1.35. The Labute approximate surface area is 160 Å². The predicted molar refractivity (Wildman–Crippen MR) is 110 cm³/mol. The summed E-state index contributed by atoms with van der Waals surface area (Å²) in [6, 6.07) is 21.7. The van der Waals surface area contributed by atoms with Gasteiger partial charge in [-0.2, -0.15) is 0 Å². The summed E-state index contributed by atoms with van der Waals surface area (Å²) in [7, 11) is 7.97. The lowest BCUT2D eigenvalue weighted by Gasteiger charge is -2.37. The van der Waals surface area contributed by atoms with Crippen LogP contribution >= 0.6 is 0 Å². The molecule has 0 aromatic heterocycles. The maximum absolute atomic E-state index is 12.0. The molecule has 0 saturated carbocycles. The molecule has 3 aromatic rings. The molecule has 0 amide bonds. The zero-order valence-electron chi connectivity index (χ0n) is 16.1. The zero-order chi connectivity index (χ0) is 19.2. The molecule has 0 unspecified atom stereocenters. The number of ether oxygens (including phenoxy) is 1. The summed E-state index contributed by atoms with van der Waals surface area (Å²) in [6.45, 7) is 0. The van der Waals surface area contributed by atoms with Crippen molar-refractivity contribution in [2.24, 2.45) is 0 Å². The van der Waals surface area contributed by atoms with Crippen LogP contribution in [0.25, 0.3) is 0 Å². The van der Waals surface area contributed by atoms with Crippen LogP contribution in [0.4, 0.5) is 11.4 Å². The van der Waals surface area contributed by atoms with Crippen molar-refractivity contribution in [3.8, 4) is 11.5 Å². The maximum atomic E-state index is 12.0. The van der Waals surface area contributed by atoms with Gasteiger partial charge in [-0.1, -0.05) is 30.3 Å². The number of nitrogens with zero attached hydrogens (tertiary/aromatic N) is 2. The Morgan fingerprint density at radius 3 is 1.63 bits per heavy atom. The second kappa shape index (κ2) is 6.32. The second-order valence-corrected chi connectivity index (χ2v) is 7.33. The first-order valence-corrected chi connectivity index (χ1v) is 9.00. The minimum absolute atomic E-state index is 0.677. The summed E-state index contributed by atoms with van der Waals surface area (Å²) in [4.78, 5) is 4.05. The molecule has 1 aliphatic rings. The highest BCUT2D eigenvalue weighted by Crippen LogP contribution is 2.51. The number of anilines is 2. The van der Waals surface area contributed by atoms with Crippen molar-refractivity contribution >= 4 is 11.4 Å². The number of rotatable bonds is 3. The van der Waals surface area contributed by atoms with Gasteiger partial charge in [0.2, 0.25) is 0 Å². The van der Waals surface area contributed by atoms with Gasteiger partial charge < -0.3 is 19.6 Å². The minimum atomic E-state index is -1.26. The van der Waals surface area contributed by atoms with Gasteiger partial charge in [-0.05, 0) is 29.8 Å². The van der Waals surface area contributed by atoms with E-state index in [9.17, 15) is 5.11 Å². The Balaban J connectivity index is 1.98. The Kier molecular flexibility index (Phi) is 4.08. The van der Waals surface area contributed by atoms with Gasteiger partial charge in [-0.3, -0.25) is 0 Å². The first kappa shape index (κ1) is 17.4. The molecule has 1 aliphatic heterocycles. The van der Waals surface area contributed by atoms with E-state index in [0.717, 1.165) is 28.1 Å². The SMILES string of the molecule is CN(C)c1ccc2c(c1)Oc1cc(N(C)C)ccc1C2(O)c1ccccc1. The molecule has 4 rings (SSSR count). The van der Waals surface area contributed by atoms with E-state index in [1.807, 2.05) is 105 Å². The quantitative estimate of drug-likeness (QED) is 0.759. The van der Waals surface area contributed by atoms with Gasteiger partial charge in [-0.15, -0.1) is 0 Å². The highest BCUT2D eigenvalue weighted by atomic mass is 16.5. The molecule has 3 aromatic carbocycles. The molecule has 0 atom stereocenters. The minimum Gasteiger partial charge on any atom is -0.456 e. The lowest BCUT2D eigenvalue weighted by atomic mass is 9.78. The summed E-state index contributed by atoms with van der Waals surface area (Å²) in [6.07, 6.45) is 0. The fraction of sp³-hybridized carbons (Fsp3) is 0.217. The van der Waals surface area contributed by atoms with Crippen molar-refractivity contribution in [2.45, 2.75) is 5.60 Å². The van der Waals surface area contributed by atoms with Gasteiger partial charge in [0.1, 0.15) is 17.1 Å². The zero-order valence-corrected chi connectivity index (χ0v) is 16.1. The third-order valence-corrected chi connectivity index (χ3v) is 5.15. The van der Waals surface area contributed by atoms with Crippen LogP contribution in [-0.4, -0.2) is 33.3 Å². The van der Waals surface area contributed by atoms with Crippen LogP contribution in [0.3, 0.4) is 0 Å². The van der Waals surface area contributed by atoms with E-state index >= 15 is 0 Å². The Morgan fingerprint density at radius 1 is 0.704 bits per heavy atom. The Bertz CT molecular complexity index is 923. The smallest absolute Gasteiger partial charge is 0.147 e. The van der Waals surface area contributed by atoms with Crippen LogP contribution < -0.4 is 14.5 Å². The van der Waals surface area contributed by atoms with Gasteiger partial charge >= 0.3 is 0 Å². The van der Waals surface area contributed by atoms with Crippen molar-refractivity contribution in [3.63, 3.8) is 0 Å². The molecule has 27 heavy (non-hydrogen) atoms. The van der Waals surface area contributed by atoms with Crippen LogP contribution in [0.1, 0.15) is 16.7 Å². The fourth-order valence-electron chi connectivity index (χ4n) is 3.60. The molecule has 0 bridgehead atoms. The molecular weight excluding hydrogens is 336 g/mol. The van der Waals surface area contributed by atoms with E-state index in [1.54, 1.807) is 0 Å². The van der Waals surface area contributed by atoms with Crippen LogP contribution in [0, 0.1) is 0 Å². The lowest BCUT2D eigenvalue weighted by Crippen LogP contribution is -2.32. The average Bonchev–Trinajstić information content (AvgIpc) is 2.67. The molecule has 0 spiro atoms. The summed E-state index contributed by atoms with van der Waals surface area (Å²) >= 11 is 0. The maximum Gasteiger partial charge on any atom is 0.147 e. The molecule has 4 nitrogen and oxygen atoms in total. The first-order valence-electron chi connectivity index (χ1n) is 9.00. The van der Waals surface area contributed by atoms with Gasteiger partial charge in [0, 0.05) is 62.8 Å². The second-order valence-electron chi connectivity index (χ2n) is 7.33. The van der Waals surface area contributed by atoms with Crippen molar-refractivity contribution in [3.05, 3.63) is 83.4 Å². The van der Waals surface area contributed by atoms with E-state index in [2.05, 4.69) is 0 Å². The van der Waals surface area contributed by atoms with Gasteiger partial charge in [0.05, 0.1) is 0 Å². The number of benzene rings is 3. The third-order valence-electron chi connectivity index (χ3n) is 5.15. The molecule has 138 valence electrons. The largest absolute Gasteiger partial charge is 0.456 e. The molecule has 4 heteroatoms. The van der Waals surface area contributed by atoms with Crippen LogP contribution in [0.5, 0.6) is 11.5 Å². The summed E-state index contributed by atoms with van der Waals surface area (Å²) in [5, 5.41) is 12.0. The Hall–Kier alpha value is -2.98. The highest BCUT2D eigenvalue weighted by Gasteiger charge is 2.42. The Morgan fingerprint density at radius 2 is 1.19 bits per heavy atom. The van der Waals surface area contributed by atoms with E-state index < -0.39 is 5.60 Å². The van der Waals surface area contributed by atoms with E-state index in [-0.39, 0.29) is 0 Å². The van der Waals surface area contributed by atoms with Crippen LogP contribution in [0.15, 0.2) is 66.7 Å². The third kappa shape index (κ3) is 2.73. The number of fused-ring (bicyclic) bond motifs is 2. The normalized spacial score (nSPS) is 14.0. The molecule has 0 aliphatic carbocycles. The van der Waals surface area contributed by atoms with Crippen molar-refractivity contribution in [1.82, 2.24) is 0 Å². The standard InChI is InChI=1S/C23H24N2O2/c1-24(2)17-10-12-19-21(14-17)27-22-15-18(25(3)4)11-13-20(22)23(19,26)16-8-6-5-7-9-16/h5-15,26H,1-4H3. The van der Waals surface area contributed by atoms with Gasteiger partial charge in [0.25, 0.3) is 0 Å². The summed E-state index contributed by atoms with van der Waals surface area (Å²) < 4.78 is 6.26. The van der Waals surface area contributed by atoms with E-state index in [1.165, 1.54) is 0 Å². The highest BCUT2D eigenvalue weighted by molar-refractivity contribution is 5.67. The topological polar surface area (TPSA) is 35.9 Å². The van der Waals surface area contributed by atoms with Crippen molar-refractivity contribution < 1.29 is 9.84 Å². The van der Waals surface area contributed by atoms with Crippen LogP contribution in [-0.2, 0) is 5.60 Å². The molecule has 0 fully saturated rings. The molecular formula is C23H24N2O2. The van der Waals surface area contributed by atoms with E-state index in [0.29, 0.717) is 11.5 Å². The van der Waals surface area contributed by atoms with Gasteiger partial charge in [0.15, 0.2) is 0 Å². The molecule has 0 radical (unpaired) electrons. The lowest BCUT2D eigenvalue weighted by molar-refractivity contribution is 0.113. The number of hydrogen-bond donors (Lipinski definition) is 1. The first-order chi connectivity index (χ1) is 12.9. The van der Waals surface area contributed by atoms with Crippen molar-refractivity contribution in [2.75, 3.05) is 38.0 Å². The average molecular weight is 360 g/mol. The molecule has 1 heterocycles. The molecule has 0 saturated heterocycles.